The van der Waals surface area contributed by atoms with E-state index in [1.165, 1.54) is 18.2 Å². The van der Waals surface area contributed by atoms with E-state index in [0.29, 0.717) is 4.90 Å². The smallest absolute Gasteiger partial charge is 0.361 e. The molecule has 27 heavy (non-hydrogen) atoms. The Labute approximate surface area is 168 Å². The number of fused-ring (bicyclic) bond motifs is 1. The minimum Gasteiger partial charge on any atom is -0.587 e. The van der Waals surface area contributed by atoms with Gasteiger partial charge in [-0.15, -0.1) is 3.97 Å². The lowest BCUT2D eigenvalue weighted by molar-refractivity contribution is 0.0514. The number of nitrogens with zero attached hydrogens (tertiary/aromatic N) is 1. The number of hydrogen-bond donors (Lipinski definition) is 0. The molecule has 0 spiro atoms. The fourth-order valence-corrected chi connectivity index (χ4v) is 5.44. The third-order valence-electron chi connectivity index (χ3n) is 3.66. The minimum atomic E-state index is -4.38. The number of ether oxygens (including phenoxy) is 1. The minimum absolute atomic E-state index is 0.000853. The quantitative estimate of drug-likeness (QED) is 0.336. The Bertz CT molecular complexity index is 1110. The second-order valence-corrected chi connectivity index (χ2v) is 9.63. The van der Waals surface area contributed by atoms with Crippen molar-refractivity contribution < 1.29 is 22.5 Å². The van der Waals surface area contributed by atoms with Crippen molar-refractivity contribution in [1.82, 2.24) is 3.97 Å². The fraction of sp³-hybridized carbons (Fsp3) is 0.118. The summed E-state index contributed by atoms with van der Waals surface area (Å²) in [4.78, 5) is 12.5. The van der Waals surface area contributed by atoms with Gasteiger partial charge in [-0.05, 0) is 37.3 Å². The number of carbonyl (C=O) groups is 1. The van der Waals surface area contributed by atoms with Crippen LogP contribution in [0.3, 0.4) is 0 Å². The van der Waals surface area contributed by atoms with Gasteiger partial charge in [0.2, 0.25) is 0 Å². The van der Waals surface area contributed by atoms with E-state index in [9.17, 15) is 17.8 Å². The summed E-state index contributed by atoms with van der Waals surface area (Å²) in [5.74, 6) is -0.951. The van der Waals surface area contributed by atoms with Crippen LogP contribution in [0.15, 0.2) is 58.3 Å². The molecule has 0 aliphatic carbocycles. The Morgan fingerprint density at radius 2 is 1.89 bits per heavy atom. The molecule has 0 bridgehead atoms. The third-order valence-corrected chi connectivity index (χ3v) is 6.65. The molecular weight excluding hydrogens is 433 g/mol. The van der Waals surface area contributed by atoms with Crippen molar-refractivity contribution in [1.29, 1.82) is 0 Å². The molecule has 1 atom stereocenters. The number of rotatable bonds is 5. The topological polar surface area (TPSA) is 88.4 Å². The molecule has 0 saturated carbocycles. The van der Waals surface area contributed by atoms with Gasteiger partial charge in [-0.2, -0.15) is 0 Å². The lowest BCUT2D eigenvalue weighted by Crippen LogP contribution is -2.21. The summed E-state index contributed by atoms with van der Waals surface area (Å²) in [7, 11) is 1.23. The van der Waals surface area contributed by atoms with Gasteiger partial charge in [0, 0.05) is 21.1 Å². The largest absolute Gasteiger partial charge is 0.587 e. The van der Waals surface area contributed by atoms with Crippen LogP contribution in [0.5, 0.6) is 0 Å². The van der Waals surface area contributed by atoms with Crippen molar-refractivity contribution >= 4 is 59.6 Å². The molecule has 6 nitrogen and oxygen atoms in total. The van der Waals surface area contributed by atoms with Crippen LogP contribution in [0.1, 0.15) is 17.4 Å². The molecule has 0 amide bonds. The molecule has 0 fully saturated rings. The number of esters is 1. The van der Waals surface area contributed by atoms with E-state index in [1.54, 1.807) is 37.3 Å². The second kappa shape index (κ2) is 7.73. The third kappa shape index (κ3) is 3.81. The van der Waals surface area contributed by atoms with Crippen LogP contribution in [-0.2, 0) is 25.1 Å². The highest BCUT2D eigenvalue weighted by Gasteiger charge is 2.36. The molecule has 0 aliphatic heterocycles. The maximum Gasteiger partial charge on any atom is 0.361 e. The molecule has 0 N–H and O–H groups in total. The van der Waals surface area contributed by atoms with Crippen LogP contribution < -0.4 is 0 Å². The monoisotopic (exact) mass is 445 g/mol. The van der Waals surface area contributed by atoms with Gasteiger partial charge in [0.1, 0.15) is 21.8 Å². The van der Waals surface area contributed by atoms with Crippen LogP contribution in [0.4, 0.5) is 0 Å². The summed E-state index contributed by atoms with van der Waals surface area (Å²) in [5, 5.41) is 0.326. The van der Waals surface area contributed by atoms with Gasteiger partial charge in [0.25, 0.3) is 9.05 Å². The van der Waals surface area contributed by atoms with Gasteiger partial charge in [-0.25, -0.2) is 13.2 Å². The molecule has 1 aromatic heterocycles. The summed E-state index contributed by atoms with van der Waals surface area (Å²) in [6.45, 7) is 1.58. The van der Waals surface area contributed by atoms with Crippen molar-refractivity contribution in [2.75, 3.05) is 6.61 Å². The predicted molar refractivity (Wildman–Crippen MR) is 104 cm³/mol. The van der Waals surface area contributed by atoms with Crippen molar-refractivity contribution in [3.05, 3.63) is 59.2 Å². The zero-order valence-electron chi connectivity index (χ0n) is 13.9. The Hall–Kier alpha value is -1.71. The van der Waals surface area contributed by atoms with Gasteiger partial charge in [-0.3, -0.25) is 0 Å². The molecule has 1 heterocycles. The highest BCUT2D eigenvalue weighted by molar-refractivity contribution is 8.14. The number of halogens is 2. The lowest BCUT2D eigenvalue weighted by atomic mass is 10.2. The highest BCUT2D eigenvalue weighted by Crippen LogP contribution is 2.37. The highest BCUT2D eigenvalue weighted by atomic mass is 35.7. The van der Waals surface area contributed by atoms with Crippen LogP contribution >= 0.6 is 22.3 Å². The predicted octanol–water partition coefficient (Wildman–Crippen LogP) is 3.97. The standard InChI is InChI=1S/C17H13Cl2NO5S2/c1-2-25-17(21)15-16(27(19,23)24)13-10-11(18)8-9-14(13)20(15)26(22)12-6-4-3-5-7-12/h3-10H,2H2,1H3. The lowest BCUT2D eigenvalue weighted by Gasteiger charge is -2.14. The van der Waals surface area contributed by atoms with Crippen LogP contribution in [-0.4, -0.2) is 29.5 Å². The van der Waals surface area contributed by atoms with Crippen LogP contribution in [0.25, 0.3) is 10.9 Å². The van der Waals surface area contributed by atoms with E-state index in [1.807, 2.05) is 0 Å². The normalized spacial score (nSPS) is 12.9. The SMILES string of the molecule is CCOC(=O)c1c(S(=O)(=O)Cl)c2cc(Cl)ccc2n1[S+]([O-])c1ccccc1. The molecule has 0 saturated heterocycles. The van der Waals surface area contributed by atoms with E-state index in [4.69, 9.17) is 27.0 Å². The van der Waals surface area contributed by atoms with E-state index in [2.05, 4.69) is 0 Å². The molecule has 10 heteroatoms. The number of aromatic nitrogens is 1. The van der Waals surface area contributed by atoms with E-state index < -0.39 is 37.0 Å². The van der Waals surface area contributed by atoms with Crippen LogP contribution in [0.2, 0.25) is 5.02 Å². The molecule has 3 aromatic rings. The average Bonchev–Trinajstić information content (AvgIpc) is 2.96. The summed E-state index contributed by atoms with van der Waals surface area (Å²) < 4.78 is 43.8. The first-order valence-corrected chi connectivity index (χ1v) is 11.5. The zero-order valence-corrected chi connectivity index (χ0v) is 17.0. The molecule has 2 aromatic carbocycles. The average molecular weight is 446 g/mol. The van der Waals surface area contributed by atoms with E-state index in [0.717, 1.165) is 3.97 Å². The molecule has 3 rings (SSSR count). The molecule has 0 aliphatic rings. The van der Waals surface area contributed by atoms with Gasteiger partial charge < -0.3 is 9.29 Å². The van der Waals surface area contributed by atoms with Crippen LogP contribution in [0, 0.1) is 0 Å². The summed E-state index contributed by atoms with van der Waals surface area (Å²) in [5.41, 5.74) is -0.185. The fourth-order valence-electron chi connectivity index (χ4n) is 2.64. The molecular formula is C17H13Cl2NO5S2. The Morgan fingerprint density at radius 1 is 1.22 bits per heavy atom. The van der Waals surface area contributed by atoms with Crippen molar-refractivity contribution in [3.8, 4) is 0 Å². The Balaban J connectivity index is 2.44. The van der Waals surface area contributed by atoms with Gasteiger partial charge >= 0.3 is 5.97 Å². The first-order chi connectivity index (χ1) is 12.8. The number of hydrogen-bond acceptors (Lipinski definition) is 5. The van der Waals surface area contributed by atoms with Crippen molar-refractivity contribution in [3.63, 3.8) is 0 Å². The van der Waals surface area contributed by atoms with Crippen molar-refractivity contribution in [2.24, 2.45) is 0 Å². The number of benzene rings is 2. The van der Waals surface area contributed by atoms with Gasteiger partial charge in [0.05, 0.1) is 6.61 Å². The first-order valence-electron chi connectivity index (χ1n) is 7.68. The maximum atomic E-state index is 13.2. The Morgan fingerprint density at radius 3 is 2.48 bits per heavy atom. The summed E-state index contributed by atoms with van der Waals surface area (Å²) in [6.07, 6.45) is 0. The second-order valence-electron chi connectivity index (χ2n) is 5.35. The van der Waals surface area contributed by atoms with Crippen molar-refractivity contribution in [2.45, 2.75) is 16.7 Å². The van der Waals surface area contributed by atoms with E-state index in [-0.39, 0.29) is 22.5 Å². The summed E-state index contributed by atoms with van der Waals surface area (Å²) in [6, 6.07) is 12.6. The van der Waals surface area contributed by atoms with Gasteiger partial charge in [-0.1, -0.05) is 29.8 Å². The van der Waals surface area contributed by atoms with E-state index >= 15 is 0 Å². The zero-order chi connectivity index (χ0) is 19.8. The molecule has 0 radical (unpaired) electrons. The summed E-state index contributed by atoms with van der Waals surface area (Å²) >= 11 is 4.07. The first kappa shape index (κ1) is 20.0. The number of carbonyl (C=O) groups excluding carboxylic acids is 1. The maximum absolute atomic E-state index is 13.2. The Kier molecular flexibility index (Phi) is 5.73. The molecule has 142 valence electrons. The van der Waals surface area contributed by atoms with Gasteiger partial charge in [0.15, 0.2) is 10.6 Å². The molecule has 1 unspecified atom stereocenters.